The van der Waals surface area contributed by atoms with E-state index in [-0.39, 0.29) is 5.91 Å². The molecular weight excluding hydrogens is 236 g/mol. The third-order valence-electron chi connectivity index (χ3n) is 4.33. The number of hydrogen-bond acceptors (Lipinski definition) is 2. The molecule has 0 saturated heterocycles. The molecule has 1 aliphatic carbocycles. The van der Waals surface area contributed by atoms with Crippen LogP contribution >= 0.6 is 0 Å². The zero-order valence-electron chi connectivity index (χ0n) is 12.1. The van der Waals surface area contributed by atoms with Gasteiger partial charge >= 0.3 is 0 Å². The highest BCUT2D eigenvalue weighted by Crippen LogP contribution is 2.36. The first-order valence-corrected chi connectivity index (χ1v) is 7.02. The first kappa shape index (κ1) is 13.9. The van der Waals surface area contributed by atoms with Gasteiger partial charge in [-0.25, -0.2) is 0 Å². The maximum Gasteiger partial charge on any atom is 0.253 e. The number of carbonyl (C=O) groups is 1. The second-order valence-corrected chi connectivity index (χ2v) is 6.43. The standard InChI is InChI=1S/C16H24N2O/c1-16(2)10-8-14(9-11-16)18(3)15(19)12-4-6-13(17)7-5-12/h4-7,14H,8-11,17H2,1-3H3. The highest BCUT2D eigenvalue weighted by molar-refractivity contribution is 5.94. The van der Waals surface area contributed by atoms with Crippen molar-refractivity contribution in [3.05, 3.63) is 29.8 Å². The number of nitrogen functional groups attached to an aromatic ring is 1. The van der Waals surface area contributed by atoms with Gasteiger partial charge in [0.1, 0.15) is 0 Å². The first-order chi connectivity index (χ1) is 8.89. The lowest BCUT2D eigenvalue weighted by Gasteiger charge is -2.38. The maximum atomic E-state index is 12.4. The lowest BCUT2D eigenvalue weighted by molar-refractivity contribution is 0.0635. The number of anilines is 1. The highest BCUT2D eigenvalue weighted by atomic mass is 16.2. The molecule has 0 radical (unpaired) electrons. The Morgan fingerprint density at radius 3 is 2.26 bits per heavy atom. The minimum atomic E-state index is 0.102. The van der Waals surface area contributed by atoms with Crippen LogP contribution < -0.4 is 5.73 Å². The van der Waals surface area contributed by atoms with E-state index >= 15 is 0 Å². The van der Waals surface area contributed by atoms with Gasteiger partial charge in [-0.1, -0.05) is 13.8 Å². The summed E-state index contributed by atoms with van der Waals surface area (Å²) < 4.78 is 0. The van der Waals surface area contributed by atoms with Gasteiger partial charge in [-0.15, -0.1) is 0 Å². The quantitative estimate of drug-likeness (QED) is 0.829. The maximum absolute atomic E-state index is 12.4. The molecule has 0 heterocycles. The fraction of sp³-hybridized carbons (Fsp3) is 0.562. The number of amides is 1. The van der Waals surface area contributed by atoms with Crippen molar-refractivity contribution >= 4 is 11.6 Å². The normalized spacial score (nSPS) is 19.1. The lowest BCUT2D eigenvalue weighted by Crippen LogP contribution is -2.40. The monoisotopic (exact) mass is 260 g/mol. The van der Waals surface area contributed by atoms with Crippen molar-refractivity contribution in [1.82, 2.24) is 4.90 Å². The summed E-state index contributed by atoms with van der Waals surface area (Å²) in [5, 5.41) is 0. The number of hydrogen-bond donors (Lipinski definition) is 1. The fourth-order valence-electron chi connectivity index (χ4n) is 2.77. The van der Waals surface area contributed by atoms with E-state index in [2.05, 4.69) is 13.8 Å². The van der Waals surface area contributed by atoms with Gasteiger partial charge in [0.2, 0.25) is 0 Å². The Hall–Kier alpha value is -1.51. The third kappa shape index (κ3) is 3.28. The molecule has 1 saturated carbocycles. The second-order valence-electron chi connectivity index (χ2n) is 6.43. The summed E-state index contributed by atoms with van der Waals surface area (Å²) >= 11 is 0. The predicted molar refractivity (Wildman–Crippen MR) is 79.0 cm³/mol. The number of nitrogens with two attached hydrogens (primary N) is 1. The average Bonchev–Trinajstić information content (AvgIpc) is 2.38. The van der Waals surface area contributed by atoms with Gasteiger partial charge in [-0.3, -0.25) is 4.79 Å². The van der Waals surface area contributed by atoms with Gasteiger partial charge in [0.25, 0.3) is 5.91 Å². The molecule has 3 heteroatoms. The molecule has 2 rings (SSSR count). The molecule has 0 unspecified atom stereocenters. The summed E-state index contributed by atoms with van der Waals surface area (Å²) in [5.74, 6) is 0.102. The molecule has 19 heavy (non-hydrogen) atoms. The zero-order valence-corrected chi connectivity index (χ0v) is 12.1. The summed E-state index contributed by atoms with van der Waals surface area (Å²) in [6.45, 7) is 4.62. The van der Waals surface area contributed by atoms with E-state index in [1.807, 2.05) is 11.9 Å². The van der Waals surface area contributed by atoms with Crippen LogP contribution in [0.1, 0.15) is 49.9 Å². The topological polar surface area (TPSA) is 46.3 Å². The Balaban J connectivity index is 2.02. The van der Waals surface area contributed by atoms with Crippen LogP contribution in [0.4, 0.5) is 5.69 Å². The van der Waals surface area contributed by atoms with Crippen molar-refractivity contribution in [3.8, 4) is 0 Å². The molecule has 0 atom stereocenters. The van der Waals surface area contributed by atoms with Gasteiger partial charge in [-0.05, 0) is 55.4 Å². The molecule has 104 valence electrons. The van der Waals surface area contributed by atoms with Gasteiger partial charge in [0, 0.05) is 24.3 Å². The summed E-state index contributed by atoms with van der Waals surface area (Å²) in [6, 6.07) is 7.55. The molecule has 2 N–H and O–H groups in total. The molecule has 0 spiro atoms. The Morgan fingerprint density at radius 1 is 1.21 bits per heavy atom. The van der Waals surface area contributed by atoms with E-state index in [1.165, 1.54) is 12.8 Å². The van der Waals surface area contributed by atoms with E-state index in [0.717, 1.165) is 18.4 Å². The SMILES string of the molecule is CN(C(=O)c1ccc(N)cc1)C1CCC(C)(C)CC1. The summed E-state index contributed by atoms with van der Waals surface area (Å²) in [5.41, 5.74) is 7.50. The van der Waals surface area contributed by atoms with Crippen molar-refractivity contribution in [3.63, 3.8) is 0 Å². The fourth-order valence-corrected chi connectivity index (χ4v) is 2.77. The number of benzene rings is 1. The van der Waals surface area contributed by atoms with Crippen molar-refractivity contribution in [2.45, 2.75) is 45.6 Å². The Labute approximate surface area is 115 Å². The number of carbonyl (C=O) groups excluding carboxylic acids is 1. The van der Waals surface area contributed by atoms with E-state index in [1.54, 1.807) is 24.3 Å². The van der Waals surface area contributed by atoms with Crippen molar-refractivity contribution in [2.75, 3.05) is 12.8 Å². The van der Waals surface area contributed by atoms with Crippen LogP contribution in [0.3, 0.4) is 0 Å². The minimum absolute atomic E-state index is 0.102. The van der Waals surface area contributed by atoms with E-state index in [9.17, 15) is 4.79 Å². The predicted octanol–water partition coefficient (Wildman–Crippen LogP) is 3.31. The van der Waals surface area contributed by atoms with Crippen LogP contribution in [0.25, 0.3) is 0 Å². The molecule has 1 aromatic rings. The number of rotatable bonds is 2. The van der Waals surface area contributed by atoms with Crippen LogP contribution in [-0.4, -0.2) is 23.9 Å². The minimum Gasteiger partial charge on any atom is -0.399 e. The molecule has 1 aromatic carbocycles. The zero-order chi connectivity index (χ0) is 14.0. The van der Waals surface area contributed by atoms with Crippen LogP contribution in [0, 0.1) is 5.41 Å². The molecule has 0 aromatic heterocycles. The van der Waals surface area contributed by atoms with Crippen LogP contribution in [0.15, 0.2) is 24.3 Å². The van der Waals surface area contributed by atoms with Gasteiger partial charge in [0.05, 0.1) is 0 Å². The summed E-state index contributed by atoms with van der Waals surface area (Å²) in [4.78, 5) is 14.3. The molecule has 1 fully saturated rings. The van der Waals surface area contributed by atoms with Crippen LogP contribution in [0.2, 0.25) is 0 Å². The molecule has 1 amide bonds. The molecular formula is C16H24N2O. The highest BCUT2D eigenvalue weighted by Gasteiger charge is 2.30. The van der Waals surface area contributed by atoms with Crippen LogP contribution in [-0.2, 0) is 0 Å². The Morgan fingerprint density at radius 2 is 1.74 bits per heavy atom. The van der Waals surface area contributed by atoms with E-state index in [0.29, 0.717) is 17.1 Å². The largest absolute Gasteiger partial charge is 0.399 e. The summed E-state index contributed by atoms with van der Waals surface area (Å²) in [6.07, 6.45) is 4.59. The van der Waals surface area contributed by atoms with E-state index in [4.69, 9.17) is 5.73 Å². The molecule has 0 aliphatic heterocycles. The summed E-state index contributed by atoms with van der Waals surface area (Å²) in [7, 11) is 1.92. The average molecular weight is 260 g/mol. The molecule has 0 bridgehead atoms. The lowest BCUT2D eigenvalue weighted by atomic mass is 9.75. The smallest absolute Gasteiger partial charge is 0.253 e. The van der Waals surface area contributed by atoms with Gasteiger partial charge < -0.3 is 10.6 Å². The van der Waals surface area contributed by atoms with Crippen molar-refractivity contribution in [1.29, 1.82) is 0 Å². The van der Waals surface area contributed by atoms with Gasteiger partial charge in [0.15, 0.2) is 0 Å². The Kier molecular flexibility index (Phi) is 3.83. The van der Waals surface area contributed by atoms with Crippen molar-refractivity contribution < 1.29 is 4.79 Å². The number of nitrogens with zero attached hydrogens (tertiary/aromatic N) is 1. The molecule has 3 nitrogen and oxygen atoms in total. The van der Waals surface area contributed by atoms with Crippen molar-refractivity contribution in [2.24, 2.45) is 5.41 Å². The van der Waals surface area contributed by atoms with E-state index < -0.39 is 0 Å². The Bertz CT molecular complexity index is 440. The third-order valence-corrected chi connectivity index (χ3v) is 4.33. The molecule has 1 aliphatic rings. The van der Waals surface area contributed by atoms with Gasteiger partial charge in [-0.2, -0.15) is 0 Å². The second kappa shape index (κ2) is 5.24. The van der Waals surface area contributed by atoms with Crippen LogP contribution in [0.5, 0.6) is 0 Å². The first-order valence-electron chi connectivity index (χ1n) is 7.02.